The first-order chi connectivity index (χ1) is 12.8. The molecule has 27 heavy (non-hydrogen) atoms. The fourth-order valence-electron chi connectivity index (χ4n) is 3.63. The number of allylic oxidation sites excluding steroid dienone is 9. The van der Waals surface area contributed by atoms with Crippen molar-refractivity contribution in [3.8, 4) is 0 Å². The van der Waals surface area contributed by atoms with Gasteiger partial charge >= 0.3 is 5.97 Å². The fraction of sp³-hybridized carbons (Fsp3) is 0.333. The summed E-state index contributed by atoms with van der Waals surface area (Å²) in [5.74, 6) is -0.924. The summed E-state index contributed by atoms with van der Waals surface area (Å²) in [4.78, 5) is 15.0. The number of aromatic nitrogens is 1. The average Bonchev–Trinajstić information content (AvgIpc) is 2.61. The van der Waals surface area contributed by atoms with Crippen LogP contribution in [0.1, 0.15) is 52.5 Å². The third-order valence-electron chi connectivity index (χ3n) is 5.16. The molecule has 0 amide bonds. The van der Waals surface area contributed by atoms with Crippen LogP contribution in [-0.2, 0) is 10.2 Å². The van der Waals surface area contributed by atoms with Crippen LogP contribution in [0, 0.1) is 0 Å². The van der Waals surface area contributed by atoms with Gasteiger partial charge in [0.1, 0.15) is 0 Å². The van der Waals surface area contributed by atoms with E-state index in [0.717, 1.165) is 18.4 Å². The van der Waals surface area contributed by atoms with Crippen molar-refractivity contribution in [2.24, 2.45) is 0 Å². The molecule has 0 spiro atoms. The average molecular weight is 364 g/mol. The van der Waals surface area contributed by atoms with E-state index in [1.807, 2.05) is 30.6 Å². The van der Waals surface area contributed by atoms with Gasteiger partial charge in [0.25, 0.3) is 0 Å². The zero-order valence-corrected chi connectivity index (χ0v) is 16.7. The van der Waals surface area contributed by atoms with Crippen molar-refractivity contribution in [3.63, 3.8) is 0 Å². The van der Waals surface area contributed by atoms with E-state index in [1.54, 1.807) is 13.0 Å². The summed E-state index contributed by atoms with van der Waals surface area (Å²) in [6.45, 7) is 8.37. The third-order valence-corrected chi connectivity index (χ3v) is 5.16. The molecule has 0 fully saturated rings. The Balaban J connectivity index is 2.23. The predicted octanol–water partition coefficient (Wildman–Crippen LogP) is 5.93. The lowest BCUT2D eigenvalue weighted by Gasteiger charge is -2.37. The Hall–Kier alpha value is -2.68. The molecule has 0 radical (unpaired) electrons. The number of nitrogens with zero attached hydrogens (tertiary/aromatic N) is 1. The van der Waals surface area contributed by atoms with E-state index in [0.29, 0.717) is 5.57 Å². The Labute approximate surface area is 162 Å². The van der Waals surface area contributed by atoms with Crippen LogP contribution in [0.3, 0.4) is 0 Å². The van der Waals surface area contributed by atoms with E-state index in [4.69, 9.17) is 5.11 Å². The van der Waals surface area contributed by atoms with Crippen LogP contribution < -0.4 is 0 Å². The minimum atomic E-state index is -0.924. The summed E-state index contributed by atoms with van der Waals surface area (Å²) < 4.78 is 0. The lowest BCUT2D eigenvalue weighted by Crippen LogP contribution is -2.28. The van der Waals surface area contributed by atoms with Crippen LogP contribution >= 0.6 is 0 Å². The summed E-state index contributed by atoms with van der Waals surface area (Å²) in [6.07, 6.45) is 18.5. The van der Waals surface area contributed by atoms with Gasteiger partial charge in [-0.05, 0) is 62.8 Å². The van der Waals surface area contributed by atoms with Crippen LogP contribution in [0.15, 0.2) is 83.3 Å². The van der Waals surface area contributed by atoms with E-state index in [9.17, 15) is 4.79 Å². The van der Waals surface area contributed by atoms with E-state index < -0.39 is 5.97 Å². The Bertz CT molecular complexity index is 825. The SMILES string of the molecule is CC1=C(/C=C/C(C)=C/C=C/C(C)=C/C(=O)O)[C@@](C)(c2cccnc2)CCC1. The highest BCUT2D eigenvalue weighted by Crippen LogP contribution is 2.43. The molecule has 0 saturated carbocycles. The van der Waals surface area contributed by atoms with Crippen LogP contribution in [0.4, 0.5) is 0 Å². The highest BCUT2D eigenvalue weighted by atomic mass is 16.4. The minimum absolute atomic E-state index is 0.00989. The number of hydrogen-bond acceptors (Lipinski definition) is 2. The number of rotatable bonds is 6. The van der Waals surface area contributed by atoms with Crippen molar-refractivity contribution in [2.45, 2.75) is 52.4 Å². The number of aliphatic carboxylic acids is 1. The third kappa shape index (κ3) is 5.65. The number of pyridine rings is 1. The van der Waals surface area contributed by atoms with Gasteiger partial charge < -0.3 is 5.11 Å². The summed E-state index contributed by atoms with van der Waals surface area (Å²) >= 11 is 0. The van der Waals surface area contributed by atoms with Crippen molar-refractivity contribution >= 4 is 5.97 Å². The van der Waals surface area contributed by atoms with Gasteiger partial charge in [0.15, 0.2) is 0 Å². The van der Waals surface area contributed by atoms with Gasteiger partial charge in [-0.2, -0.15) is 0 Å². The Kier molecular flexibility index (Phi) is 7.12. The van der Waals surface area contributed by atoms with Crippen molar-refractivity contribution in [2.75, 3.05) is 0 Å². The normalized spacial score (nSPS) is 22.1. The van der Waals surface area contributed by atoms with Gasteiger partial charge in [-0.25, -0.2) is 4.79 Å². The van der Waals surface area contributed by atoms with E-state index in [2.05, 4.69) is 44.0 Å². The number of carboxylic acid groups (broad SMARTS) is 1. The molecule has 1 aromatic heterocycles. The highest BCUT2D eigenvalue weighted by molar-refractivity contribution is 5.81. The maximum absolute atomic E-state index is 10.6. The molecule has 0 bridgehead atoms. The van der Waals surface area contributed by atoms with Gasteiger partial charge in [0.2, 0.25) is 0 Å². The fourth-order valence-corrected chi connectivity index (χ4v) is 3.63. The topological polar surface area (TPSA) is 50.2 Å². The zero-order chi connectivity index (χ0) is 19.9. The number of carboxylic acids is 1. The van der Waals surface area contributed by atoms with Crippen molar-refractivity contribution in [1.82, 2.24) is 4.98 Å². The van der Waals surface area contributed by atoms with Crippen LogP contribution in [0.5, 0.6) is 0 Å². The van der Waals surface area contributed by atoms with Gasteiger partial charge in [0.05, 0.1) is 0 Å². The standard InChI is InChI=1S/C24H29NO2/c1-18(8-5-9-19(2)16-23(26)27)12-13-22-20(3)10-6-14-24(22,4)21-11-7-15-25-17-21/h5,7-9,11-13,15-17H,6,10,14H2,1-4H3,(H,26,27)/b9-5+,13-12+,18-8+,19-16+/t24-/m1/s1. The number of carbonyl (C=O) groups is 1. The first-order valence-corrected chi connectivity index (χ1v) is 9.38. The van der Waals surface area contributed by atoms with Crippen molar-refractivity contribution in [1.29, 1.82) is 0 Å². The maximum Gasteiger partial charge on any atom is 0.328 e. The number of hydrogen-bond donors (Lipinski definition) is 1. The molecule has 142 valence electrons. The van der Waals surface area contributed by atoms with Crippen LogP contribution in [-0.4, -0.2) is 16.1 Å². The minimum Gasteiger partial charge on any atom is -0.478 e. The first-order valence-electron chi connectivity index (χ1n) is 9.38. The summed E-state index contributed by atoms with van der Waals surface area (Å²) in [7, 11) is 0. The van der Waals surface area contributed by atoms with Crippen molar-refractivity contribution < 1.29 is 9.90 Å². The first kappa shape index (κ1) is 20.6. The van der Waals surface area contributed by atoms with Gasteiger partial charge in [0, 0.05) is 23.9 Å². The largest absolute Gasteiger partial charge is 0.478 e. The Morgan fingerprint density at radius 3 is 2.70 bits per heavy atom. The lowest BCUT2D eigenvalue weighted by molar-refractivity contribution is -0.131. The molecule has 0 saturated heterocycles. The second kappa shape index (κ2) is 9.31. The molecule has 1 aliphatic carbocycles. The van der Waals surface area contributed by atoms with Gasteiger partial charge in [-0.1, -0.05) is 54.5 Å². The lowest BCUT2D eigenvalue weighted by atomic mass is 9.67. The van der Waals surface area contributed by atoms with Gasteiger partial charge in [-0.15, -0.1) is 0 Å². The molecule has 1 aliphatic rings. The Morgan fingerprint density at radius 1 is 1.26 bits per heavy atom. The molecule has 0 aliphatic heterocycles. The van der Waals surface area contributed by atoms with Gasteiger partial charge in [-0.3, -0.25) is 4.98 Å². The molecule has 3 nitrogen and oxygen atoms in total. The molecule has 0 aromatic carbocycles. The monoisotopic (exact) mass is 363 g/mol. The molecule has 1 N–H and O–H groups in total. The van der Waals surface area contributed by atoms with Crippen molar-refractivity contribution in [3.05, 3.63) is 88.8 Å². The predicted molar refractivity (Wildman–Crippen MR) is 112 cm³/mol. The van der Waals surface area contributed by atoms with E-state index in [1.165, 1.54) is 29.2 Å². The second-order valence-corrected chi connectivity index (χ2v) is 7.45. The highest BCUT2D eigenvalue weighted by Gasteiger charge is 2.33. The van der Waals surface area contributed by atoms with E-state index in [-0.39, 0.29) is 5.41 Å². The zero-order valence-electron chi connectivity index (χ0n) is 16.7. The van der Waals surface area contributed by atoms with Crippen LogP contribution in [0.25, 0.3) is 0 Å². The molecule has 2 rings (SSSR count). The summed E-state index contributed by atoms with van der Waals surface area (Å²) in [5.41, 5.74) is 5.90. The molecule has 1 aromatic rings. The summed E-state index contributed by atoms with van der Waals surface area (Å²) in [5, 5.41) is 8.74. The second-order valence-electron chi connectivity index (χ2n) is 7.45. The quantitative estimate of drug-likeness (QED) is 0.503. The molecular weight excluding hydrogens is 334 g/mol. The Morgan fingerprint density at radius 2 is 2.04 bits per heavy atom. The molecule has 0 unspecified atom stereocenters. The maximum atomic E-state index is 10.6. The molecule has 1 atom stereocenters. The molecule has 3 heteroatoms. The summed E-state index contributed by atoms with van der Waals surface area (Å²) in [6, 6.07) is 4.18. The van der Waals surface area contributed by atoms with E-state index >= 15 is 0 Å². The molecular formula is C24H29NO2. The smallest absolute Gasteiger partial charge is 0.328 e. The molecule has 1 heterocycles. The van der Waals surface area contributed by atoms with Crippen LogP contribution in [0.2, 0.25) is 0 Å².